The molecule has 0 aliphatic carbocycles. The highest BCUT2D eigenvalue weighted by molar-refractivity contribution is 5.36. The first-order chi connectivity index (χ1) is 9.22. The number of aryl methyl sites for hydroxylation is 1. The normalized spacial score (nSPS) is 12.2. The molecular formula is C16H20N2O. The summed E-state index contributed by atoms with van der Waals surface area (Å²) < 4.78 is 5.88. The minimum Gasteiger partial charge on any atom is -0.487 e. The van der Waals surface area contributed by atoms with Crippen molar-refractivity contribution in [3.8, 4) is 5.75 Å². The van der Waals surface area contributed by atoms with Gasteiger partial charge in [0.05, 0.1) is 5.69 Å². The Morgan fingerprint density at radius 1 is 1.21 bits per heavy atom. The van der Waals surface area contributed by atoms with Crippen molar-refractivity contribution in [2.24, 2.45) is 5.73 Å². The van der Waals surface area contributed by atoms with Gasteiger partial charge in [-0.25, -0.2) is 0 Å². The number of hydrogen-bond acceptors (Lipinski definition) is 3. The van der Waals surface area contributed by atoms with Gasteiger partial charge in [-0.2, -0.15) is 0 Å². The number of aromatic nitrogens is 1. The summed E-state index contributed by atoms with van der Waals surface area (Å²) in [6.45, 7) is 4.58. The summed E-state index contributed by atoms with van der Waals surface area (Å²) in [5, 5.41) is 0. The summed E-state index contributed by atoms with van der Waals surface area (Å²) in [4.78, 5) is 4.33. The standard InChI is InChI=1S/C16H20N2O/c1-3-14(17)13-8-4-5-9-16(13)19-11-15-12(2)7-6-10-18-15/h4-10,14H,3,11,17H2,1-2H3. The fourth-order valence-corrected chi connectivity index (χ4v) is 1.95. The molecule has 1 aromatic carbocycles. The number of rotatable bonds is 5. The summed E-state index contributed by atoms with van der Waals surface area (Å²) in [6, 6.07) is 11.9. The minimum atomic E-state index is 0.0148. The molecule has 2 rings (SSSR count). The predicted octanol–water partition coefficient (Wildman–Crippen LogP) is 3.38. The number of ether oxygens (including phenoxy) is 1. The molecule has 0 fully saturated rings. The van der Waals surface area contributed by atoms with Crippen molar-refractivity contribution < 1.29 is 4.74 Å². The Morgan fingerprint density at radius 2 is 2.00 bits per heavy atom. The van der Waals surface area contributed by atoms with Gasteiger partial charge in [-0.3, -0.25) is 4.98 Å². The van der Waals surface area contributed by atoms with Crippen LogP contribution in [0.25, 0.3) is 0 Å². The number of nitrogens with two attached hydrogens (primary N) is 1. The highest BCUT2D eigenvalue weighted by Gasteiger charge is 2.10. The molecule has 100 valence electrons. The highest BCUT2D eigenvalue weighted by atomic mass is 16.5. The van der Waals surface area contributed by atoms with Crippen molar-refractivity contribution in [3.05, 3.63) is 59.4 Å². The molecule has 1 unspecified atom stereocenters. The van der Waals surface area contributed by atoms with E-state index in [1.54, 1.807) is 6.20 Å². The van der Waals surface area contributed by atoms with Gasteiger partial charge < -0.3 is 10.5 Å². The lowest BCUT2D eigenvalue weighted by molar-refractivity contribution is 0.295. The van der Waals surface area contributed by atoms with E-state index in [9.17, 15) is 0 Å². The first-order valence-corrected chi connectivity index (χ1v) is 6.60. The smallest absolute Gasteiger partial charge is 0.130 e. The third kappa shape index (κ3) is 3.32. The van der Waals surface area contributed by atoms with Crippen molar-refractivity contribution in [2.75, 3.05) is 0 Å². The molecule has 3 nitrogen and oxygen atoms in total. The lowest BCUT2D eigenvalue weighted by Crippen LogP contribution is -2.11. The largest absolute Gasteiger partial charge is 0.487 e. The van der Waals surface area contributed by atoms with E-state index in [0.29, 0.717) is 6.61 Å². The van der Waals surface area contributed by atoms with Gasteiger partial charge >= 0.3 is 0 Å². The van der Waals surface area contributed by atoms with Gasteiger partial charge in [0.15, 0.2) is 0 Å². The second-order valence-electron chi connectivity index (χ2n) is 4.61. The maximum atomic E-state index is 6.10. The molecule has 2 N–H and O–H groups in total. The topological polar surface area (TPSA) is 48.1 Å². The fraction of sp³-hybridized carbons (Fsp3) is 0.312. The summed E-state index contributed by atoms with van der Waals surface area (Å²) in [5.74, 6) is 0.849. The first kappa shape index (κ1) is 13.6. The van der Waals surface area contributed by atoms with Crippen LogP contribution in [0.2, 0.25) is 0 Å². The summed E-state index contributed by atoms with van der Waals surface area (Å²) in [5.41, 5.74) is 9.25. The van der Waals surface area contributed by atoms with Crippen molar-refractivity contribution in [1.29, 1.82) is 0 Å². The number of nitrogens with zero attached hydrogens (tertiary/aromatic N) is 1. The molecule has 2 aromatic rings. The zero-order valence-corrected chi connectivity index (χ0v) is 11.5. The second kappa shape index (κ2) is 6.34. The molecule has 19 heavy (non-hydrogen) atoms. The molecule has 0 bridgehead atoms. The van der Waals surface area contributed by atoms with E-state index in [2.05, 4.69) is 11.9 Å². The number of para-hydroxylation sites is 1. The van der Waals surface area contributed by atoms with E-state index in [-0.39, 0.29) is 6.04 Å². The predicted molar refractivity (Wildman–Crippen MR) is 77.0 cm³/mol. The third-order valence-corrected chi connectivity index (χ3v) is 3.24. The minimum absolute atomic E-state index is 0.0148. The van der Waals surface area contributed by atoms with Crippen molar-refractivity contribution >= 4 is 0 Å². The molecule has 0 aliphatic heterocycles. The van der Waals surface area contributed by atoms with Crippen molar-refractivity contribution in [2.45, 2.75) is 32.9 Å². The molecule has 3 heteroatoms. The van der Waals surface area contributed by atoms with Gasteiger partial charge in [-0.05, 0) is 31.0 Å². The zero-order chi connectivity index (χ0) is 13.7. The molecule has 0 radical (unpaired) electrons. The maximum Gasteiger partial charge on any atom is 0.130 e. The molecule has 1 atom stereocenters. The molecule has 0 aliphatic rings. The zero-order valence-electron chi connectivity index (χ0n) is 11.5. The highest BCUT2D eigenvalue weighted by Crippen LogP contribution is 2.26. The summed E-state index contributed by atoms with van der Waals surface area (Å²) >= 11 is 0. The monoisotopic (exact) mass is 256 g/mol. The van der Waals surface area contributed by atoms with Crippen LogP contribution in [0.1, 0.15) is 36.2 Å². The van der Waals surface area contributed by atoms with E-state index in [0.717, 1.165) is 29.0 Å². The summed E-state index contributed by atoms with van der Waals surface area (Å²) in [6.07, 6.45) is 2.68. The number of benzene rings is 1. The maximum absolute atomic E-state index is 6.10. The van der Waals surface area contributed by atoms with Gasteiger partial charge in [-0.1, -0.05) is 31.2 Å². The molecule has 0 saturated heterocycles. The van der Waals surface area contributed by atoms with Crippen LogP contribution in [-0.4, -0.2) is 4.98 Å². The quantitative estimate of drug-likeness (QED) is 0.892. The SMILES string of the molecule is CCC(N)c1ccccc1OCc1ncccc1C. The average Bonchev–Trinajstić information content (AvgIpc) is 2.46. The van der Waals surface area contributed by atoms with Crippen LogP contribution in [0.3, 0.4) is 0 Å². The molecule has 0 spiro atoms. The van der Waals surface area contributed by atoms with Crippen LogP contribution in [0.15, 0.2) is 42.6 Å². The third-order valence-electron chi connectivity index (χ3n) is 3.24. The fourth-order valence-electron chi connectivity index (χ4n) is 1.95. The van der Waals surface area contributed by atoms with Gasteiger partial charge in [0, 0.05) is 17.8 Å². The van der Waals surface area contributed by atoms with Gasteiger partial charge in [0.2, 0.25) is 0 Å². The molecule has 0 amide bonds. The average molecular weight is 256 g/mol. The van der Waals surface area contributed by atoms with Crippen molar-refractivity contribution in [3.63, 3.8) is 0 Å². The molecule has 0 saturated carbocycles. The number of hydrogen-bond donors (Lipinski definition) is 1. The lowest BCUT2D eigenvalue weighted by atomic mass is 10.0. The molecular weight excluding hydrogens is 236 g/mol. The second-order valence-corrected chi connectivity index (χ2v) is 4.61. The molecule has 1 heterocycles. The van der Waals surface area contributed by atoms with Gasteiger partial charge in [0.25, 0.3) is 0 Å². The Balaban J connectivity index is 2.14. The van der Waals surface area contributed by atoms with E-state index >= 15 is 0 Å². The Hall–Kier alpha value is -1.87. The van der Waals surface area contributed by atoms with Gasteiger partial charge in [-0.15, -0.1) is 0 Å². The Morgan fingerprint density at radius 3 is 2.74 bits per heavy atom. The summed E-state index contributed by atoms with van der Waals surface area (Å²) in [7, 11) is 0. The Labute approximate surface area is 114 Å². The van der Waals surface area contributed by atoms with E-state index < -0.39 is 0 Å². The van der Waals surface area contributed by atoms with Crippen LogP contribution < -0.4 is 10.5 Å². The van der Waals surface area contributed by atoms with Crippen LogP contribution in [-0.2, 0) is 6.61 Å². The van der Waals surface area contributed by atoms with E-state index in [4.69, 9.17) is 10.5 Å². The lowest BCUT2D eigenvalue weighted by Gasteiger charge is -2.15. The number of pyridine rings is 1. The van der Waals surface area contributed by atoms with E-state index in [1.807, 2.05) is 43.3 Å². The molecule has 1 aromatic heterocycles. The first-order valence-electron chi connectivity index (χ1n) is 6.60. The Kier molecular flexibility index (Phi) is 4.53. The van der Waals surface area contributed by atoms with E-state index in [1.165, 1.54) is 0 Å². The van der Waals surface area contributed by atoms with Crippen LogP contribution >= 0.6 is 0 Å². The van der Waals surface area contributed by atoms with Crippen molar-refractivity contribution in [1.82, 2.24) is 4.98 Å². The van der Waals surface area contributed by atoms with Crippen LogP contribution in [0.4, 0.5) is 0 Å². The van der Waals surface area contributed by atoms with Crippen LogP contribution in [0.5, 0.6) is 5.75 Å². The van der Waals surface area contributed by atoms with Gasteiger partial charge in [0.1, 0.15) is 12.4 Å². The van der Waals surface area contributed by atoms with Crippen LogP contribution in [0, 0.1) is 6.92 Å². The Bertz CT molecular complexity index is 540.